The van der Waals surface area contributed by atoms with Crippen molar-refractivity contribution in [2.45, 2.75) is 26.9 Å². The third-order valence-electron chi connectivity index (χ3n) is 3.65. The molecule has 0 bridgehead atoms. The van der Waals surface area contributed by atoms with Crippen LogP contribution in [0.3, 0.4) is 0 Å². The molecule has 0 aromatic carbocycles. The van der Waals surface area contributed by atoms with Gasteiger partial charge in [-0.15, -0.1) is 0 Å². The zero-order chi connectivity index (χ0) is 16.8. The van der Waals surface area contributed by atoms with Crippen molar-refractivity contribution in [3.8, 4) is 0 Å². The minimum absolute atomic E-state index is 0.0950. The highest BCUT2D eigenvalue weighted by molar-refractivity contribution is 7.91. The standard InChI is InChI=1S/C13H15ClN4O2S3/c1-8-7-10(14)9(2)15-11(8)16-12-17-3-5-23(19,20)6-4-18(17)13(21)22-12/h7H,3-6H2,1-2H3. The molecule has 2 aromatic heterocycles. The highest BCUT2D eigenvalue weighted by Gasteiger charge is 2.19. The number of fused-ring (bicyclic) bond motifs is 1. The molecule has 3 heterocycles. The van der Waals surface area contributed by atoms with Gasteiger partial charge in [0.2, 0.25) is 4.80 Å². The number of hydrogen-bond acceptors (Lipinski definition) is 6. The highest BCUT2D eigenvalue weighted by atomic mass is 35.5. The van der Waals surface area contributed by atoms with Gasteiger partial charge in [-0.2, -0.15) is 4.99 Å². The van der Waals surface area contributed by atoms with Gasteiger partial charge >= 0.3 is 0 Å². The van der Waals surface area contributed by atoms with Crippen molar-refractivity contribution < 1.29 is 8.42 Å². The predicted molar refractivity (Wildman–Crippen MR) is 93.7 cm³/mol. The number of halogens is 1. The van der Waals surface area contributed by atoms with Crippen LogP contribution in [-0.4, -0.2) is 34.3 Å². The van der Waals surface area contributed by atoms with Crippen molar-refractivity contribution in [3.63, 3.8) is 0 Å². The van der Waals surface area contributed by atoms with Crippen LogP contribution in [0.2, 0.25) is 5.02 Å². The maximum Gasteiger partial charge on any atom is 0.209 e. The van der Waals surface area contributed by atoms with E-state index >= 15 is 0 Å². The largest absolute Gasteiger partial charge is 0.263 e. The topological polar surface area (TPSA) is 69.2 Å². The smallest absolute Gasteiger partial charge is 0.209 e. The SMILES string of the molecule is Cc1cc(Cl)c(C)nc1N=c1sc(=S)n2n1CCS(=O)(=O)CC2. The van der Waals surface area contributed by atoms with Crippen LogP contribution in [-0.2, 0) is 22.9 Å². The molecular weight excluding hydrogens is 376 g/mol. The van der Waals surface area contributed by atoms with Crippen molar-refractivity contribution in [3.05, 3.63) is 31.1 Å². The van der Waals surface area contributed by atoms with Crippen LogP contribution >= 0.6 is 35.2 Å². The Bertz CT molecular complexity index is 1000. The van der Waals surface area contributed by atoms with Gasteiger partial charge in [0.1, 0.15) is 0 Å². The van der Waals surface area contributed by atoms with E-state index in [1.807, 2.05) is 29.3 Å². The molecule has 0 amide bonds. The fourth-order valence-corrected chi connectivity index (χ4v) is 4.92. The minimum Gasteiger partial charge on any atom is -0.263 e. The molecule has 3 rings (SSSR count). The summed E-state index contributed by atoms with van der Waals surface area (Å²) in [6, 6.07) is 1.83. The molecule has 0 N–H and O–H groups in total. The Morgan fingerprint density at radius 1 is 1.30 bits per heavy atom. The second kappa shape index (κ2) is 6.12. The van der Waals surface area contributed by atoms with Crippen molar-refractivity contribution in [1.82, 2.24) is 14.3 Å². The quantitative estimate of drug-likeness (QED) is 0.701. The van der Waals surface area contributed by atoms with Gasteiger partial charge in [-0.1, -0.05) is 22.9 Å². The summed E-state index contributed by atoms with van der Waals surface area (Å²) in [5.41, 5.74) is 1.57. The lowest BCUT2D eigenvalue weighted by molar-refractivity contribution is 0.482. The number of aryl methyl sites for hydroxylation is 2. The number of rotatable bonds is 1. The van der Waals surface area contributed by atoms with E-state index in [1.54, 1.807) is 0 Å². The molecule has 0 aliphatic carbocycles. The fourth-order valence-electron chi connectivity index (χ4n) is 2.31. The third-order valence-corrected chi connectivity index (χ3v) is 6.97. The Hall–Kier alpha value is -1.03. The summed E-state index contributed by atoms with van der Waals surface area (Å²) in [6.45, 7) is 4.42. The molecule has 0 atom stereocenters. The van der Waals surface area contributed by atoms with Gasteiger partial charge in [0, 0.05) is 0 Å². The first-order chi connectivity index (χ1) is 10.8. The fraction of sp³-hybridized carbons (Fsp3) is 0.462. The molecule has 0 fully saturated rings. The molecule has 6 nitrogen and oxygen atoms in total. The maximum absolute atomic E-state index is 11.8. The van der Waals surface area contributed by atoms with Crippen LogP contribution in [0.4, 0.5) is 5.82 Å². The van der Waals surface area contributed by atoms with Gasteiger partial charge < -0.3 is 0 Å². The zero-order valence-electron chi connectivity index (χ0n) is 12.6. The molecule has 2 aromatic rings. The monoisotopic (exact) mass is 390 g/mol. The van der Waals surface area contributed by atoms with Crippen LogP contribution in [0.15, 0.2) is 11.1 Å². The summed E-state index contributed by atoms with van der Waals surface area (Å²) in [5.74, 6) is 0.776. The Morgan fingerprint density at radius 2 is 1.96 bits per heavy atom. The summed E-state index contributed by atoms with van der Waals surface area (Å²) in [4.78, 5) is 9.66. The number of pyridine rings is 1. The number of sulfone groups is 1. The summed E-state index contributed by atoms with van der Waals surface area (Å²) in [5, 5.41) is 0.600. The van der Waals surface area contributed by atoms with Gasteiger partial charge in [0.05, 0.1) is 35.3 Å². The van der Waals surface area contributed by atoms with Crippen LogP contribution in [0.5, 0.6) is 0 Å². The van der Waals surface area contributed by atoms with E-state index in [-0.39, 0.29) is 11.5 Å². The molecule has 0 unspecified atom stereocenters. The van der Waals surface area contributed by atoms with Gasteiger partial charge in [-0.05, 0) is 37.7 Å². The zero-order valence-corrected chi connectivity index (χ0v) is 15.8. The summed E-state index contributed by atoms with van der Waals surface area (Å²) >= 11 is 12.8. The van der Waals surface area contributed by atoms with Crippen LogP contribution in [0.25, 0.3) is 0 Å². The molecule has 124 valence electrons. The van der Waals surface area contributed by atoms with Crippen LogP contribution in [0.1, 0.15) is 11.3 Å². The summed E-state index contributed by atoms with van der Waals surface area (Å²) < 4.78 is 27.9. The highest BCUT2D eigenvalue weighted by Crippen LogP contribution is 2.22. The van der Waals surface area contributed by atoms with E-state index in [0.717, 1.165) is 5.56 Å². The second-order valence-corrected chi connectivity index (χ2v) is 9.67. The molecule has 1 aliphatic rings. The van der Waals surface area contributed by atoms with Crippen molar-refractivity contribution in [1.29, 1.82) is 0 Å². The average molecular weight is 391 g/mol. The number of aromatic nitrogens is 3. The molecule has 0 saturated heterocycles. The van der Waals surface area contributed by atoms with Gasteiger partial charge in [-0.25, -0.2) is 13.4 Å². The van der Waals surface area contributed by atoms with Gasteiger partial charge in [-0.3, -0.25) is 9.36 Å². The summed E-state index contributed by atoms with van der Waals surface area (Å²) in [6.07, 6.45) is 0. The van der Waals surface area contributed by atoms with E-state index in [9.17, 15) is 8.42 Å². The first-order valence-electron chi connectivity index (χ1n) is 6.96. The lowest BCUT2D eigenvalue weighted by Gasteiger charge is -2.06. The Kier molecular flexibility index (Phi) is 4.47. The van der Waals surface area contributed by atoms with E-state index in [4.69, 9.17) is 23.8 Å². The minimum atomic E-state index is -3.04. The molecule has 0 radical (unpaired) electrons. The van der Waals surface area contributed by atoms with Gasteiger partial charge in [0.25, 0.3) is 0 Å². The van der Waals surface area contributed by atoms with E-state index in [2.05, 4.69) is 9.98 Å². The molecule has 23 heavy (non-hydrogen) atoms. The third kappa shape index (κ3) is 3.42. The molecule has 0 spiro atoms. The predicted octanol–water partition coefficient (Wildman–Crippen LogP) is 2.41. The Morgan fingerprint density at radius 3 is 2.65 bits per heavy atom. The van der Waals surface area contributed by atoms with E-state index in [0.29, 0.717) is 38.4 Å². The first-order valence-corrected chi connectivity index (χ1v) is 10.4. The number of hydrogen-bond donors (Lipinski definition) is 0. The normalized spacial score (nSPS) is 17.8. The van der Waals surface area contributed by atoms with Gasteiger partial charge in [0.15, 0.2) is 19.6 Å². The van der Waals surface area contributed by atoms with Crippen LogP contribution < -0.4 is 4.80 Å². The maximum atomic E-state index is 11.8. The van der Waals surface area contributed by atoms with Crippen molar-refractivity contribution >= 4 is 50.8 Å². The van der Waals surface area contributed by atoms with Crippen molar-refractivity contribution in [2.24, 2.45) is 4.99 Å². The Labute approximate surface area is 148 Å². The Balaban J connectivity index is 2.16. The van der Waals surface area contributed by atoms with E-state index in [1.165, 1.54) is 11.3 Å². The average Bonchev–Trinajstić information content (AvgIpc) is 2.65. The van der Waals surface area contributed by atoms with Crippen LogP contribution in [0, 0.1) is 17.8 Å². The lowest BCUT2D eigenvalue weighted by Crippen LogP contribution is -2.23. The first kappa shape index (κ1) is 16.8. The van der Waals surface area contributed by atoms with E-state index < -0.39 is 9.84 Å². The number of nitrogens with zero attached hydrogens (tertiary/aromatic N) is 4. The lowest BCUT2D eigenvalue weighted by atomic mass is 10.2. The molecular formula is C13H15ClN4O2S3. The molecule has 10 heteroatoms. The molecule has 1 aliphatic heterocycles. The molecule has 0 saturated carbocycles. The second-order valence-electron chi connectivity index (χ2n) is 5.36. The van der Waals surface area contributed by atoms with Crippen molar-refractivity contribution in [2.75, 3.05) is 11.5 Å². The summed E-state index contributed by atoms with van der Waals surface area (Å²) in [7, 11) is -3.04.